The van der Waals surface area contributed by atoms with Gasteiger partial charge in [0.15, 0.2) is 0 Å². The van der Waals surface area contributed by atoms with Crippen LogP contribution in [-0.4, -0.2) is 46.0 Å². The van der Waals surface area contributed by atoms with Crippen LogP contribution in [0, 0.1) is 0 Å². The van der Waals surface area contributed by atoms with Gasteiger partial charge in [-0.1, -0.05) is 23.2 Å². The molecule has 2 fully saturated rings. The zero-order valence-corrected chi connectivity index (χ0v) is 16.9. The van der Waals surface area contributed by atoms with Gasteiger partial charge in [-0.2, -0.15) is 5.06 Å². The Kier molecular flexibility index (Phi) is 5.33. The first-order chi connectivity index (χ1) is 14.3. The lowest BCUT2D eigenvalue weighted by atomic mass is 10.1. The molecular weight excluding hydrogens is 433 g/mol. The molecule has 10 heteroatoms. The maximum Gasteiger partial charge on any atom is 0.254 e. The number of halogens is 2. The highest BCUT2D eigenvalue weighted by Crippen LogP contribution is 2.31. The summed E-state index contributed by atoms with van der Waals surface area (Å²) in [7, 11) is 0. The number of hydrogen-bond donors (Lipinski definition) is 1. The van der Waals surface area contributed by atoms with Gasteiger partial charge in [0, 0.05) is 10.0 Å². The normalized spacial score (nSPS) is 22.0. The van der Waals surface area contributed by atoms with Crippen LogP contribution >= 0.6 is 23.2 Å². The summed E-state index contributed by atoms with van der Waals surface area (Å²) in [6.45, 7) is 0. The van der Waals surface area contributed by atoms with Crippen molar-refractivity contribution in [1.82, 2.24) is 5.06 Å². The molecule has 30 heavy (non-hydrogen) atoms. The second-order valence-electron chi connectivity index (χ2n) is 6.91. The van der Waals surface area contributed by atoms with Gasteiger partial charge in [0.25, 0.3) is 11.8 Å². The Labute approximate surface area is 181 Å². The van der Waals surface area contributed by atoms with Crippen LogP contribution in [0.4, 0.5) is 11.4 Å². The molecule has 2 heterocycles. The van der Waals surface area contributed by atoms with E-state index in [1.54, 1.807) is 0 Å². The first-order valence-corrected chi connectivity index (χ1v) is 9.75. The van der Waals surface area contributed by atoms with Gasteiger partial charge < -0.3 is 5.21 Å². The second-order valence-corrected chi connectivity index (χ2v) is 7.78. The minimum absolute atomic E-state index is 0.307. The van der Waals surface area contributed by atoms with Crippen molar-refractivity contribution in [2.45, 2.75) is 24.9 Å². The average Bonchev–Trinajstić information content (AvgIpc) is 3.18. The molecule has 1 N–H and O–H groups in total. The fraction of sp³-hybridized carbons (Fsp3) is 0.200. The average molecular weight is 448 g/mol. The standard InChI is InChI=1S/C20H15Cl2N3O5/c21-11-1-5-13(6-2-11)23-17(26)9-15(19(23)28)25(30)16-10-18(27)24(20(16)29)14-7-3-12(22)4-8-14/h1-8,15-16,30H,9-10H2/t15-,16-/m0/s1. The maximum atomic E-state index is 12.8. The van der Waals surface area contributed by atoms with E-state index in [4.69, 9.17) is 23.2 Å². The summed E-state index contributed by atoms with van der Waals surface area (Å²) in [5, 5.41) is 12.0. The summed E-state index contributed by atoms with van der Waals surface area (Å²) >= 11 is 11.7. The van der Waals surface area contributed by atoms with Gasteiger partial charge >= 0.3 is 0 Å². The van der Waals surface area contributed by atoms with Crippen molar-refractivity contribution in [3.8, 4) is 0 Å². The van der Waals surface area contributed by atoms with Gasteiger partial charge in [0.05, 0.1) is 24.2 Å². The summed E-state index contributed by atoms with van der Waals surface area (Å²) in [6.07, 6.45) is -0.645. The highest BCUT2D eigenvalue weighted by Gasteiger charge is 2.50. The Morgan fingerprint density at radius 3 is 1.37 bits per heavy atom. The third-order valence-electron chi connectivity index (χ3n) is 5.05. The van der Waals surface area contributed by atoms with Gasteiger partial charge in [-0.05, 0) is 48.5 Å². The molecule has 0 bridgehead atoms. The van der Waals surface area contributed by atoms with E-state index in [1.165, 1.54) is 48.5 Å². The monoisotopic (exact) mass is 447 g/mol. The van der Waals surface area contributed by atoms with Crippen LogP contribution in [0.15, 0.2) is 48.5 Å². The molecule has 0 saturated carbocycles. The number of nitrogens with zero attached hydrogens (tertiary/aromatic N) is 3. The van der Waals surface area contributed by atoms with Crippen molar-refractivity contribution in [3.05, 3.63) is 58.6 Å². The molecule has 2 aromatic rings. The van der Waals surface area contributed by atoms with Gasteiger partial charge in [-0.25, -0.2) is 9.80 Å². The van der Waals surface area contributed by atoms with Crippen LogP contribution in [0.3, 0.4) is 0 Å². The van der Waals surface area contributed by atoms with Crippen molar-refractivity contribution >= 4 is 58.2 Å². The van der Waals surface area contributed by atoms with Crippen molar-refractivity contribution < 1.29 is 24.4 Å². The minimum Gasteiger partial charge on any atom is -0.312 e. The fourth-order valence-corrected chi connectivity index (χ4v) is 3.84. The lowest BCUT2D eigenvalue weighted by Crippen LogP contribution is -2.49. The molecule has 2 saturated heterocycles. The Hall–Kier alpha value is -2.78. The number of imide groups is 2. The van der Waals surface area contributed by atoms with Gasteiger partial charge in [0.1, 0.15) is 12.1 Å². The van der Waals surface area contributed by atoms with Crippen LogP contribution in [0.25, 0.3) is 0 Å². The molecule has 2 aromatic carbocycles. The summed E-state index contributed by atoms with van der Waals surface area (Å²) in [4.78, 5) is 52.4. The second kappa shape index (κ2) is 7.81. The molecule has 2 atom stereocenters. The number of anilines is 2. The topological polar surface area (TPSA) is 98.2 Å². The maximum absolute atomic E-state index is 12.8. The van der Waals surface area contributed by atoms with Crippen molar-refractivity contribution in [1.29, 1.82) is 0 Å². The molecule has 2 aliphatic rings. The van der Waals surface area contributed by atoms with Crippen molar-refractivity contribution in [2.24, 2.45) is 0 Å². The lowest BCUT2D eigenvalue weighted by Gasteiger charge is -2.25. The largest absolute Gasteiger partial charge is 0.312 e. The Bertz CT molecular complexity index is 958. The lowest BCUT2D eigenvalue weighted by molar-refractivity contribution is -0.172. The quantitative estimate of drug-likeness (QED) is 0.571. The molecule has 4 amide bonds. The number of hydroxylamine groups is 2. The number of carbonyl (C=O) groups excluding carboxylic acids is 4. The van der Waals surface area contributed by atoms with E-state index < -0.39 is 35.7 Å². The zero-order chi connectivity index (χ0) is 21.6. The van der Waals surface area contributed by atoms with Crippen LogP contribution in [0.5, 0.6) is 0 Å². The summed E-state index contributed by atoms with van der Waals surface area (Å²) < 4.78 is 0. The number of amides is 4. The Balaban J connectivity index is 1.55. The number of benzene rings is 2. The van der Waals surface area contributed by atoms with Gasteiger partial charge in [0.2, 0.25) is 11.8 Å². The van der Waals surface area contributed by atoms with E-state index in [2.05, 4.69) is 0 Å². The molecule has 4 rings (SSSR count). The van der Waals surface area contributed by atoms with E-state index in [-0.39, 0.29) is 12.8 Å². The van der Waals surface area contributed by atoms with E-state index in [0.717, 1.165) is 9.80 Å². The van der Waals surface area contributed by atoms with E-state index in [1.807, 2.05) is 0 Å². The molecule has 0 spiro atoms. The van der Waals surface area contributed by atoms with E-state index >= 15 is 0 Å². The molecule has 8 nitrogen and oxygen atoms in total. The summed E-state index contributed by atoms with van der Waals surface area (Å²) in [5.41, 5.74) is 0.615. The first-order valence-electron chi connectivity index (χ1n) is 9.00. The zero-order valence-electron chi connectivity index (χ0n) is 15.4. The molecule has 0 unspecified atom stereocenters. The SMILES string of the molecule is O=C1C[C@H](N(O)[C@H]2CC(=O)N(c3ccc(Cl)cc3)C2=O)C(=O)N1c1ccc(Cl)cc1. The molecule has 154 valence electrons. The van der Waals surface area contributed by atoms with Crippen LogP contribution in [0.2, 0.25) is 10.0 Å². The van der Waals surface area contributed by atoms with E-state index in [9.17, 15) is 24.4 Å². The molecule has 0 radical (unpaired) electrons. The number of hydrogen-bond acceptors (Lipinski definition) is 6. The highest BCUT2D eigenvalue weighted by atomic mass is 35.5. The summed E-state index contributed by atoms with van der Waals surface area (Å²) in [6, 6.07) is 9.61. The highest BCUT2D eigenvalue weighted by molar-refractivity contribution is 6.31. The molecule has 2 aliphatic heterocycles. The smallest absolute Gasteiger partial charge is 0.254 e. The minimum atomic E-state index is -1.28. The van der Waals surface area contributed by atoms with Crippen LogP contribution in [0.1, 0.15) is 12.8 Å². The molecule has 0 aliphatic carbocycles. The summed E-state index contributed by atoms with van der Waals surface area (Å²) in [5.74, 6) is -2.43. The first kappa shape index (κ1) is 20.5. The Morgan fingerprint density at radius 1 is 0.700 bits per heavy atom. The van der Waals surface area contributed by atoms with Crippen molar-refractivity contribution in [3.63, 3.8) is 0 Å². The van der Waals surface area contributed by atoms with Crippen molar-refractivity contribution in [2.75, 3.05) is 9.80 Å². The molecule has 0 aromatic heterocycles. The number of rotatable bonds is 4. The predicted octanol–water partition coefficient (Wildman–Crippen LogP) is 2.65. The third-order valence-corrected chi connectivity index (χ3v) is 5.56. The van der Waals surface area contributed by atoms with Gasteiger partial charge in [-0.3, -0.25) is 19.2 Å². The number of carbonyl (C=O) groups is 4. The fourth-order valence-electron chi connectivity index (χ4n) is 3.59. The van der Waals surface area contributed by atoms with E-state index in [0.29, 0.717) is 26.5 Å². The van der Waals surface area contributed by atoms with Crippen LogP contribution in [-0.2, 0) is 19.2 Å². The Morgan fingerprint density at radius 2 is 1.03 bits per heavy atom. The van der Waals surface area contributed by atoms with Gasteiger partial charge in [-0.15, -0.1) is 0 Å². The molecular formula is C20H15Cl2N3O5. The van der Waals surface area contributed by atoms with Crippen LogP contribution < -0.4 is 9.80 Å². The predicted molar refractivity (Wildman–Crippen MR) is 108 cm³/mol. The third kappa shape index (κ3) is 3.48.